The summed E-state index contributed by atoms with van der Waals surface area (Å²) in [6, 6.07) is 9.38. The van der Waals surface area contributed by atoms with Crippen molar-refractivity contribution in [2.45, 2.75) is 25.3 Å². The maximum absolute atomic E-state index is 12.4. The Bertz CT molecular complexity index is 945. The predicted octanol–water partition coefficient (Wildman–Crippen LogP) is 3.47. The van der Waals surface area contributed by atoms with E-state index in [1.54, 1.807) is 12.4 Å². The van der Waals surface area contributed by atoms with E-state index in [2.05, 4.69) is 36.4 Å². The van der Waals surface area contributed by atoms with Gasteiger partial charge in [0.15, 0.2) is 0 Å². The summed E-state index contributed by atoms with van der Waals surface area (Å²) in [5.41, 5.74) is 1.82. The molecule has 4 rings (SSSR count). The SMILES string of the molecule is O=C(CCc1nc(-c2ccncc2)no1)NC1CCOc2ccc(Br)cc21. The molecule has 2 aromatic heterocycles. The Kier molecular flexibility index (Phi) is 5.15. The Balaban J connectivity index is 1.36. The lowest BCUT2D eigenvalue weighted by molar-refractivity contribution is -0.122. The van der Waals surface area contributed by atoms with Gasteiger partial charge < -0.3 is 14.6 Å². The maximum atomic E-state index is 12.4. The molecule has 0 spiro atoms. The van der Waals surface area contributed by atoms with Gasteiger partial charge in [0.25, 0.3) is 0 Å². The van der Waals surface area contributed by atoms with Crippen molar-refractivity contribution in [3.63, 3.8) is 0 Å². The zero-order valence-corrected chi connectivity index (χ0v) is 16.0. The molecule has 1 atom stereocenters. The third-order valence-electron chi connectivity index (χ3n) is 4.32. The second kappa shape index (κ2) is 7.87. The summed E-state index contributed by atoms with van der Waals surface area (Å²) in [5, 5.41) is 7.03. The Hall–Kier alpha value is -2.74. The second-order valence-electron chi connectivity index (χ2n) is 6.19. The molecule has 27 heavy (non-hydrogen) atoms. The number of carbonyl (C=O) groups is 1. The highest BCUT2D eigenvalue weighted by Crippen LogP contribution is 2.34. The van der Waals surface area contributed by atoms with E-state index in [4.69, 9.17) is 9.26 Å². The van der Waals surface area contributed by atoms with Crippen molar-refractivity contribution in [2.75, 3.05) is 6.61 Å². The zero-order valence-electron chi connectivity index (χ0n) is 14.4. The molecule has 1 aliphatic rings. The molecule has 0 fully saturated rings. The molecule has 3 heterocycles. The van der Waals surface area contributed by atoms with Gasteiger partial charge in [-0.25, -0.2) is 0 Å². The normalized spacial score (nSPS) is 15.7. The molecule has 1 aliphatic heterocycles. The van der Waals surface area contributed by atoms with Gasteiger partial charge in [-0.3, -0.25) is 9.78 Å². The number of hydrogen-bond donors (Lipinski definition) is 1. The van der Waals surface area contributed by atoms with Crippen molar-refractivity contribution in [1.82, 2.24) is 20.4 Å². The smallest absolute Gasteiger partial charge is 0.227 e. The fourth-order valence-corrected chi connectivity index (χ4v) is 3.36. The minimum Gasteiger partial charge on any atom is -0.493 e. The fraction of sp³-hybridized carbons (Fsp3) is 0.263. The third-order valence-corrected chi connectivity index (χ3v) is 4.81. The van der Waals surface area contributed by atoms with Gasteiger partial charge in [-0.2, -0.15) is 4.98 Å². The first-order chi connectivity index (χ1) is 13.2. The van der Waals surface area contributed by atoms with E-state index in [0.29, 0.717) is 24.7 Å². The Labute approximate surface area is 164 Å². The molecule has 0 saturated carbocycles. The standard InChI is InChI=1S/C19H17BrN4O3/c20-13-1-2-16-14(11-13)15(7-10-26-16)22-17(25)3-4-18-23-19(24-27-18)12-5-8-21-9-6-12/h1-2,5-6,8-9,11,15H,3-4,7,10H2,(H,22,25). The number of ether oxygens (including phenoxy) is 1. The molecule has 0 radical (unpaired) electrons. The van der Waals surface area contributed by atoms with E-state index in [1.165, 1.54) is 0 Å². The van der Waals surface area contributed by atoms with E-state index < -0.39 is 0 Å². The topological polar surface area (TPSA) is 90.1 Å². The first-order valence-corrected chi connectivity index (χ1v) is 9.43. The average molecular weight is 429 g/mol. The van der Waals surface area contributed by atoms with Crippen LogP contribution in [-0.4, -0.2) is 27.6 Å². The summed E-state index contributed by atoms with van der Waals surface area (Å²) in [6.07, 6.45) is 4.74. The Morgan fingerprint density at radius 1 is 1.26 bits per heavy atom. The number of fused-ring (bicyclic) bond motifs is 1. The summed E-state index contributed by atoms with van der Waals surface area (Å²) in [6.45, 7) is 0.582. The summed E-state index contributed by atoms with van der Waals surface area (Å²) in [7, 11) is 0. The number of halogens is 1. The Morgan fingerprint density at radius 2 is 2.11 bits per heavy atom. The van der Waals surface area contributed by atoms with Gasteiger partial charge in [-0.15, -0.1) is 0 Å². The molecule has 1 N–H and O–H groups in total. The first kappa shape index (κ1) is 17.7. The molecule has 3 aromatic rings. The predicted molar refractivity (Wildman–Crippen MR) is 101 cm³/mol. The summed E-state index contributed by atoms with van der Waals surface area (Å²) in [5.74, 6) is 1.69. The van der Waals surface area contributed by atoms with E-state index in [-0.39, 0.29) is 18.4 Å². The van der Waals surface area contributed by atoms with Crippen molar-refractivity contribution in [1.29, 1.82) is 0 Å². The molecular formula is C19H17BrN4O3. The van der Waals surface area contributed by atoms with Crippen LogP contribution in [0.25, 0.3) is 11.4 Å². The summed E-state index contributed by atoms with van der Waals surface area (Å²) < 4.78 is 11.9. The van der Waals surface area contributed by atoms with Gasteiger partial charge in [-0.05, 0) is 30.3 Å². The van der Waals surface area contributed by atoms with Crippen LogP contribution < -0.4 is 10.1 Å². The molecule has 0 aliphatic carbocycles. The van der Waals surface area contributed by atoms with Crippen molar-refractivity contribution >= 4 is 21.8 Å². The van der Waals surface area contributed by atoms with Gasteiger partial charge in [0.1, 0.15) is 5.75 Å². The molecule has 0 saturated heterocycles. The van der Waals surface area contributed by atoms with Gasteiger partial charge in [0.2, 0.25) is 17.6 Å². The molecule has 8 heteroatoms. The van der Waals surface area contributed by atoms with E-state index in [9.17, 15) is 4.79 Å². The van der Waals surface area contributed by atoms with Crippen LogP contribution in [0.3, 0.4) is 0 Å². The van der Waals surface area contributed by atoms with E-state index in [0.717, 1.165) is 27.8 Å². The van der Waals surface area contributed by atoms with Crippen LogP contribution in [0.5, 0.6) is 5.75 Å². The maximum Gasteiger partial charge on any atom is 0.227 e. The van der Waals surface area contributed by atoms with Crippen LogP contribution in [0, 0.1) is 0 Å². The number of aryl methyl sites for hydroxylation is 1. The molecular weight excluding hydrogens is 412 g/mol. The summed E-state index contributed by atoms with van der Waals surface area (Å²) >= 11 is 3.47. The Morgan fingerprint density at radius 3 is 2.96 bits per heavy atom. The van der Waals surface area contributed by atoms with Crippen LogP contribution >= 0.6 is 15.9 Å². The van der Waals surface area contributed by atoms with Crippen molar-refractivity contribution in [3.8, 4) is 17.1 Å². The number of aromatic nitrogens is 3. The van der Waals surface area contributed by atoms with Crippen molar-refractivity contribution in [3.05, 3.63) is 58.7 Å². The lowest BCUT2D eigenvalue weighted by atomic mass is 10.0. The number of rotatable bonds is 5. The van der Waals surface area contributed by atoms with E-state index >= 15 is 0 Å². The van der Waals surface area contributed by atoms with Gasteiger partial charge >= 0.3 is 0 Å². The lowest BCUT2D eigenvalue weighted by Gasteiger charge is -2.26. The molecule has 1 amide bonds. The lowest BCUT2D eigenvalue weighted by Crippen LogP contribution is -2.32. The number of nitrogens with zero attached hydrogens (tertiary/aromatic N) is 3. The number of carbonyl (C=O) groups excluding carboxylic acids is 1. The highest BCUT2D eigenvalue weighted by atomic mass is 79.9. The minimum atomic E-state index is -0.0613. The van der Waals surface area contributed by atoms with Crippen molar-refractivity contribution in [2.24, 2.45) is 0 Å². The van der Waals surface area contributed by atoms with Crippen molar-refractivity contribution < 1.29 is 14.1 Å². The fourth-order valence-electron chi connectivity index (χ4n) is 2.98. The average Bonchev–Trinajstić information content (AvgIpc) is 3.17. The molecule has 138 valence electrons. The van der Waals surface area contributed by atoms with Crippen LogP contribution in [0.2, 0.25) is 0 Å². The number of nitrogens with one attached hydrogen (secondary N) is 1. The minimum absolute atomic E-state index is 0.0588. The number of pyridine rings is 1. The zero-order chi connectivity index (χ0) is 18.6. The number of amides is 1. The quantitative estimate of drug-likeness (QED) is 0.668. The molecule has 1 aromatic carbocycles. The van der Waals surface area contributed by atoms with Gasteiger partial charge in [0.05, 0.1) is 12.6 Å². The van der Waals surface area contributed by atoms with Crippen LogP contribution in [0.4, 0.5) is 0 Å². The molecule has 0 bridgehead atoms. The van der Waals surface area contributed by atoms with Gasteiger partial charge in [-0.1, -0.05) is 21.1 Å². The molecule has 1 unspecified atom stereocenters. The van der Waals surface area contributed by atoms with E-state index in [1.807, 2.05) is 30.3 Å². The highest BCUT2D eigenvalue weighted by molar-refractivity contribution is 9.10. The second-order valence-corrected chi connectivity index (χ2v) is 7.10. The highest BCUT2D eigenvalue weighted by Gasteiger charge is 2.23. The largest absolute Gasteiger partial charge is 0.493 e. The first-order valence-electron chi connectivity index (χ1n) is 8.63. The van der Waals surface area contributed by atoms with Crippen LogP contribution in [-0.2, 0) is 11.2 Å². The van der Waals surface area contributed by atoms with Crippen LogP contribution in [0.15, 0.2) is 51.7 Å². The van der Waals surface area contributed by atoms with Crippen LogP contribution in [0.1, 0.15) is 30.3 Å². The van der Waals surface area contributed by atoms with Gasteiger partial charge in [0, 0.05) is 47.3 Å². The number of benzene rings is 1. The molecule has 7 nitrogen and oxygen atoms in total. The summed E-state index contributed by atoms with van der Waals surface area (Å²) in [4.78, 5) is 20.7. The number of hydrogen-bond acceptors (Lipinski definition) is 6. The monoisotopic (exact) mass is 428 g/mol. The third kappa shape index (κ3) is 4.16.